The second-order valence-corrected chi connectivity index (χ2v) is 7.29. The van der Waals surface area contributed by atoms with E-state index in [9.17, 15) is 4.79 Å². The average molecular weight is 339 g/mol. The molecule has 1 saturated heterocycles. The molecule has 0 spiro atoms. The van der Waals surface area contributed by atoms with Gasteiger partial charge in [-0.25, -0.2) is 0 Å². The Kier molecular flexibility index (Phi) is 4.81. The first-order valence-corrected chi connectivity index (χ1v) is 9.46. The molecule has 0 N–H and O–H groups in total. The number of rotatable bonds is 4. The van der Waals surface area contributed by atoms with Crippen LogP contribution in [0, 0.1) is 0 Å². The highest BCUT2D eigenvalue weighted by Crippen LogP contribution is 2.33. The van der Waals surface area contributed by atoms with Gasteiger partial charge in [0.2, 0.25) is 12.3 Å². The molecule has 1 aromatic heterocycles. The number of amides is 1. The van der Waals surface area contributed by atoms with E-state index in [-0.39, 0.29) is 11.9 Å². The predicted octanol–water partition coefficient (Wildman–Crippen LogP) is 4.02. The third-order valence-corrected chi connectivity index (χ3v) is 5.66. The van der Waals surface area contributed by atoms with E-state index in [1.54, 1.807) is 0 Å². The van der Waals surface area contributed by atoms with E-state index in [4.69, 9.17) is 4.52 Å². The maximum absolute atomic E-state index is 12.7. The molecule has 1 aliphatic heterocycles. The van der Waals surface area contributed by atoms with Crippen LogP contribution in [0.3, 0.4) is 0 Å². The zero-order valence-corrected chi connectivity index (χ0v) is 14.6. The first-order valence-electron chi connectivity index (χ1n) is 9.46. The Balaban J connectivity index is 1.40. The number of carbonyl (C=O) groups is 1. The summed E-state index contributed by atoms with van der Waals surface area (Å²) in [5.74, 6) is 1.48. The molecule has 2 aromatic rings. The lowest BCUT2D eigenvalue weighted by atomic mass is 9.84. The Morgan fingerprint density at radius 3 is 2.60 bits per heavy atom. The molecule has 0 bridgehead atoms. The molecule has 1 aromatic carbocycles. The van der Waals surface area contributed by atoms with E-state index in [1.165, 1.54) is 44.1 Å². The van der Waals surface area contributed by atoms with Crippen LogP contribution in [0.5, 0.6) is 0 Å². The molecule has 2 heterocycles. The Labute approximate surface area is 148 Å². The number of benzene rings is 1. The van der Waals surface area contributed by atoms with Crippen molar-refractivity contribution in [3.8, 4) is 0 Å². The summed E-state index contributed by atoms with van der Waals surface area (Å²) in [5, 5.41) is 3.92. The number of carbonyl (C=O) groups excluding carboxylic acids is 1. The van der Waals surface area contributed by atoms with Crippen LogP contribution in [0.4, 0.5) is 0 Å². The minimum atomic E-state index is -0.0345. The number of likely N-dealkylation sites (tertiary alicyclic amines) is 1. The summed E-state index contributed by atoms with van der Waals surface area (Å²) in [6, 6.07) is 8.66. The summed E-state index contributed by atoms with van der Waals surface area (Å²) >= 11 is 0. The van der Waals surface area contributed by atoms with Gasteiger partial charge in [-0.15, -0.1) is 0 Å². The van der Waals surface area contributed by atoms with Crippen LogP contribution in [-0.4, -0.2) is 27.5 Å². The Morgan fingerprint density at radius 2 is 1.88 bits per heavy atom. The van der Waals surface area contributed by atoms with E-state index in [2.05, 4.69) is 34.4 Å². The van der Waals surface area contributed by atoms with Gasteiger partial charge < -0.3 is 9.42 Å². The fourth-order valence-electron chi connectivity index (χ4n) is 4.28. The predicted molar refractivity (Wildman–Crippen MR) is 94.0 cm³/mol. The molecule has 1 aliphatic carbocycles. The van der Waals surface area contributed by atoms with Gasteiger partial charge in [-0.05, 0) is 42.7 Å². The molecule has 4 rings (SSSR count). The average Bonchev–Trinajstić information content (AvgIpc) is 3.34. The smallest absolute Gasteiger partial charge is 0.227 e. The Bertz CT molecular complexity index is 690. The Morgan fingerprint density at radius 1 is 1.08 bits per heavy atom. The quantitative estimate of drug-likeness (QED) is 0.844. The zero-order valence-electron chi connectivity index (χ0n) is 14.6. The van der Waals surface area contributed by atoms with Crippen molar-refractivity contribution < 1.29 is 9.32 Å². The molecule has 1 atom stereocenters. The van der Waals surface area contributed by atoms with Gasteiger partial charge in [-0.3, -0.25) is 4.79 Å². The molecular weight excluding hydrogens is 314 g/mol. The number of aromatic nitrogens is 2. The summed E-state index contributed by atoms with van der Waals surface area (Å²) in [6.45, 7) is 0.776. The molecule has 1 amide bonds. The zero-order chi connectivity index (χ0) is 17.1. The van der Waals surface area contributed by atoms with Gasteiger partial charge in [-0.1, -0.05) is 48.7 Å². The lowest BCUT2D eigenvalue weighted by Crippen LogP contribution is -2.32. The first kappa shape index (κ1) is 16.3. The van der Waals surface area contributed by atoms with Gasteiger partial charge in [-0.2, -0.15) is 4.98 Å². The molecular formula is C20H25N3O2. The van der Waals surface area contributed by atoms with Gasteiger partial charge in [0.05, 0.1) is 12.5 Å². The number of nitrogens with zero attached hydrogens (tertiary/aromatic N) is 3. The third-order valence-electron chi connectivity index (χ3n) is 5.66. The van der Waals surface area contributed by atoms with Crippen molar-refractivity contribution in [1.82, 2.24) is 15.0 Å². The minimum Gasteiger partial charge on any atom is -0.343 e. The van der Waals surface area contributed by atoms with E-state index in [1.807, 2.05) is 4.90 Å². The highest BCUT2D eigenvalue weighted by molar-refractivity contribution is 5.79. The van der Waals surface area contributed by atoms with Crippen molar-refractivity contribution in [3.63, 3.8) is 0 Å². The van der Waals surface area contributed by atoms with E-state index in [0.29, 0.717) is 18.2 Å². The summed E-state index contributed by atoms with van der Waals surface area (Å²) in [5.41, 5.74) is 2.52. The van der Waals surface area contributed by atoms with Crippen LogP contribution in [0.15, 0.2) is 35.2 Å². The van der Waals surface area contributed by atoms with Crippen LogP contribution >= 0.6 is 0 Å². The van der Waals surface area contributed by atoms with E-state index in [0.717, 1.165) is 24.9 Å². The standard InChI is InChI=1S/C20H25N3O2/c24-19(23-12-4-7-18(23)20-21-14-25-22-20)13-15-8-10-17(11-9-15)16-5-2-1-3-6-16/h8-11,14,16,18H,1-7,12-13H2. The summed E-state index contributed by atoms with van der Waals surface area (Å²) < 4.78 is 4.84. The second kappa shape index (κ2) is 7.38. The largest absolute Gasteiger partial charge is 0.343 e. The Hall–Kier alpha value is -2.17. The molecule has 132 valence electrons. The highest BCUT2D eigenvalue weighted by Gasteiger charge is 2.32. The molecule has 0 radical (unpaired) electrons. The van der Waals surface area contributed by atoms with Crippen molar-refractivity contribution in [3.05, 3.63) is 47.6 Å². The highest BCUT2D eigenvalue weighted by atomic mass is 16.5. The fourth-order valence-corrected chi connectivity index (χ4v) is 4.28. The van der Waals surface area contributed by atoms with Crippen LogP contribution in [-0.2, 0) is 11.2 Å². The normalized spacial score (nSPS) is 21.6. The van der Waals surface area contributed by atoms with E-state index >= 15 is 0 Å². The van der Waals surface area contributed by atoms with E-state index < -0.39 is 0 Å². The fraction of sp³-hybridized carbons (Fsp3) is 0.550. The number of hydrogen-bond donors (Lipinski definition) is 0. The maximum Gasteiger partial charge on any atom is 0.227 e. The van der Waals surface area contributed by atoms with Crippen LogP contribution < -0.4 is 0 Å². The minimum absolute atomic E-state index is 0.0345. The van der Waals surface area contributed by atoms with Gasteiger partial charge in [0.15, 0.2) is 5.82 Å². The molecule has 2 fully saturated rings. The van der Waals surface area contributed by atoms with Crippen molar-refractivity contribution in [2.75, 3.05) is 6.54 Å². The molecule has 1 saturated carbocycles. The van der Waals surface area contributed by atoms with Crippen LogP contribution in [0.2, 0.25) is 0 Å². The summed E-state index contributed by atoms with van der Waals surface area (Å²) in [6.07, 6.45) is 10.4. The molecule has 1 unspecified atom stereocenters. The summed E-state index contributed by atoms with van der Waals surface area (Å²) in [7, 11) is 0. The van der Waals surface area contributed by atoms with Crippen LogP contribution in [0.1, 0.15) is 73.9 Å². The maximum atomic E-state index is 12.7. The number of hydrogen-bond acceptors (Lipinski definition) is 4. The van der Waals surface area contributed by atoms with Crippen LogP contribution in [0.25, 0.3) is 0 Å². The van der Waals surface area contributed by atoms with Crippen molar-refractivity contribution in [2.24, 2.45) is 0 Å². The van der Waals surface area contributed by atoms with Gasteiger partial charge >= 0.3 is 0 Å². The van der Waals surface area contributed by atoms with Crippen molar-refractivity contribution >= 4 is 5.91 Å². The van der Waals surface area contributed by atoms with Gasteiger partial charge in [0.1, 0.15) is 0 Å². The topological polar surface area (TPSA) is 59.2 Å². The molecule has 5 heteroatoms. The van der Waals surface area contributed by atoms with Crippen molar-refractivity contribution in [1.29, 1.82) is 0 Å². The van der Waals surface area contributed by atoms with Gasteiger partial charge in [0, 0.05) is 6.54 Å². The molecule has 2 aliphatic rings. The lowest BCUT2D eigenvalue weighted by molar-refractivity contribution is -0.131. The van der Waals surface area contributed by atoms with Gasteiger partial charge in [0.25, 0.3) is 0 Å². The molecule has 25 heavy (non-hydrogen) atoms. The first-order chi connectivity index (χ1) is 12.3. The SMILES string of the molecule is O=C(Cc1ccc(C2CCCCC2)cc1)N1CCCC1c1ncon1. The molecule has 5 nitrogen and oxygen atoms in total. The lowest BCUT2D eigenvalue weighted by Gasteiger charge is -2.23. The van der Waals surface area contributed by atoms with Crippen molar-refractivity contribution in [2.45, 2.75) is 63.3 Å². The monoisotopic (exact) mass is 339 g/mol. The summed E-state index contributed by atoms with van der Waals surface area (Å²) in [4.78, 5) is 18.8. The third kappa shape index (κ3) is 3.60. The second-order valence-electron chi connectivity index (χ2n) is 7.29.